The standard InChI is InChI=1S/C16H20N2O2S/c1-2-14-6-7-15(21-14)11-18-16(19)8-9-20-13-5-3-4-12(17)10-13/h3-7,10H,2,8-9,11,17H2,1H3,(H,18,19). The number of hydrogen-bond donors (Lipinski definition) is 2. The third-order valence-corrected chi connectivity index (χ3v) is 4.21. The first-order chi connectivity index (χ1) is 10.2. The van der Waals surface area contributed by atoms with Crippen LogP contribution in [-0.2, 0) is 17.8 Å². The van der Waals surface area contributed by atoms with Crippen LogP contribution in [0.3, 0.4) is 0 Å². The number of hydrogen-bond acceptors (Lipinski definition) is 4. The van der Waals surface area contributed by atoms with E-state index in [0.717, 1.165) is 6.42 Å². The van der Waals surface area contributed by atoms with Gasteiger partial charge in [0.05, 0.1) is 19.6 Å². The smallest absolute Gasteiger partial charge is 0.223 e. The van der Waals surface area contributed by atoms with Gasteiger partial charge in [-0.2, -0.15) is 0 Å². The van der Waals surface area contributed by atoms with Gasteiger partial charge in [0, 0.05) is 21.5 Å². The first-order valence-electron chi connectivity index (χ1n) is 7.00. The van der Waals surface area contributed by atoms with E-state index in [1.165, 1.54) is 9.75 Å². The molecule has 1 heterocycles. The first-order valence-corrected chi connectivity index (χ1v) is 7.81. The van der Waals surface area contributed by atoms with Crippen LogP contribution in [0.5, 0.6) is 5.75 Å². The fourth-order valence-corrected chi connectivity index (χ4v) is 2.74. The van der Waals surface area contributed by atoms with E-state index in [9.17, 15) is 4.79 Å². The van der Waals surface area contributed by atoms with E-state index in [1.807, 2.05) is 12.1 Å². The van der Waals surface area contributed by atoms with E-state index < -0.39 is 0 Å². The number of aryl methyl sites for hydroxylation is 1. The second-order valence-corrected chi connectivity index (χ2v) is 5.92. The second-order valence-electron chi connectivity index (χ2n) is 4.67. The molecular formula is C16H20N2O2S. The molecule has 2 aromatic rings. The largest absolute Gasteiger partial charge is 0.493 e. The fourth-order valence-electron chi connectivity index (χ4n) is 1.85. The number of nitrogens with one attached hydrogen (secondary N) is 1. The van der Waals surface area contributed by atoms with Crippen molar-refractivity contribution in [1.29, 1.82) is 0 Å². The van der Waals surface area contributed by atoms with Gasteiger partial charge >= 0.3 is 0 Å². The van der Waals surface area contributed by atoms with Crippen LogP contribution in [0, 0.1) is 0 Å². The van der Waals surface area contributed by atoms with E-state index in [1.54, 1.807) is 23.5 Å². The molecule has 0 aliphatic carbocycles. The Morgan fingerprint density at radius 2 is 2.10 bits per heavy atom. The number of nitrogens with two attached hydrogens (primary N) is 1. The van der Waals surface area contributed by atoms with Gasteiger partial charge in [0.1, 0.15) is 5.75 Å². The van der Waals surface area contributed by atoms with Gasteiger partial charge in [-0.3, -0.25) is 4.79 Å². The van der Waals surface area contributed by atoms with Gasteiger partial charge in [-0.05, 0) is 30.7 Å². The molecule has 0 atom stereocenters. The number of rotatable bonds is 7. The van der Waals surface area contributed by atoms with Gasteiger partial charge in [-0.25, -0.2) is 0 Å². The van der Waals surface area contributed by atoms with Crippen molar-refractivity contribution in [3.8, 4) is 5.75 Å². The molecule has 0 saturated heterocycles. The summed E-state index contributed by atoms with van der Waals surface area (Å²) < 4.78 is 5.49. The molecule has 0 unspecified atom stereocenters. The van der Waals surface area contributed by atoms with Crippen LogP contribution in [0.1, 0.15) is 23.1 Å². The highest BCUT2D eigenvalue weighted by Crippen LogP contribution is 2.16. The molecule has 5 heteroatoms. The van der Waals surface area contributed by atoms with Gasteiger partial charge in [0.25, 0.3) is 0 Å². The average Bonchev–Trinajstić information content (AvgIpc) is 2.93. The molecule has 112 valence electrons. The maximum atomic E-state index is 11.7. The highest BCUT2D eigenvalue weighted by atomic mass is 32.1. The van der Waals surface area contributed by atoms with Crippen LogP contribution in [0.2, 0.25) is 0 Å². The molecule has 3 N–H and O–H groups in total. The summed E-state index contributed by atoms with van der Waals surface area (Å²) in [7, 11) is 0. The Kier molecular flexibility index (Phi) is 5.63. The van der Waals surface area contributed by atoms with E-state index in [2.05, 4.69) is 24.4 Å². The van der Waals surface area contributed by atoms with Gasteiger partial charge in [0.15, 0.2) is 0 Å². The lowest BCUT2D eigenvalue weighted by Crippen LogP contribution is -2.24. The molecule has 4 nitrogen and oxygen atoms in total. The van der Waals surface area contributed by atoms with Gasteiger partial charge < -0.3 is 15.8 Å². The summed E-state index contributed by atoms with van der Waals surface area (Å²) in [5.41, 5.74) is 6.31. The Morgan fingerprint density at radius 3 is 2.81 bits per heavy atom. The molecule has 0 radical (unpaired) electrons. The normalized spacial score (nSPS) is 10.3. The number of anilines is 1. The number of ether oxygens (including phenoxy) is 1. The fraction of sp³-hybridized carbons (Fsp3) is 0.312. The summed E-state index contributed by atoms with van der Waals surface area (Å²) >= 11 is 1.74. The summed E-state index contributed by atoms with van der Waals surface area (Å²) in [5, 5.41) is 2.90. The summed E-state index contributed by atoms with van der Waals surface area (Å²) in [6.45, 7) is 3.06. The lowest BCUT2D eigenvalue weighted by molar-refractivity contribution is -0.121. The van der Waals surface area contributed by atoms with Crippen molar-refractivity contribution in [2.45, 2.75) is 26.3 Å². The zero-order chi connectivity index (χ0) is 15.1. The maximum absolute atomic E-state index is 11.7. The summed E-state index contributed by atoms with van der Waals surface area (Å²) in [4.78, 5) is 14.3. The third-order valence-electron chi connectivity index (χ3n) is 2.98. The Hall–Kier alpha value is -2.01. The topological polar surface area (TPSA) is 64.3 Å². The van der Waals surface area contributed by atoms with Crippen LogP contribution in [0.4, 0.5) is 5.69 Å². The predicted octanol–water partition coefficient (Wildman–Crippen LogP) is 2.98. The second kappa shape index (κ2) is 7.69. The summed E-state index contributed by atoms with van der Waals surface area (Å²) in [6, 6.07) is 11.4. The lowest BCUT2D eigenvalue weighted by Gasteiger charge is -2.07. The van der Waals surface area contributed by atoms with Gasteiger partial charge in [0.2, 0.25) is 5.91 Å². The number of thiophene rings is 1. The number of benzene rings is 1. The Bertz CT molecular complexity index is 595. The number of carbonyl (C=O) groups excluding carboxylic acids is 1. The molecule has 1 amide bonds. The summed E-state index contributed by atoms with van der Waals surface area (Å²) in [6.07, 6.45) is 1.37. The number of nitrogen functional groups attached to an aromatic ring is 1. The Balaban J connectivity index is 1.67. The summed E-state index contributed by atoms with van der Waals surface area (Å²) in [5.74, 6) is 0.680. The van der Waals surface area contributed by atoms with Crippen molar-refractivity contribution >= 4 is 22.9 Å². The maximum Gasteiger partial charge on any atom is 0.223 e. The van der Waals surface area contributed by atoms with Crippen LogP contribution in [0.25, 0.3) is 0 Å². The highest BCUT2D eigenvalue weighted by Gasteiger charge is 2.04. The number of amides is 1. The molecule has 0 aliphatic rings. The highest BCUT2D eigenvalue weighted by molar-refractivity contribution is 7.11. The van der Waals surface area contributed by atoms with E-state index in [0.29, 0.717) is 31.0 Å². The van der Waals surface area contributed by atoms with Crippen molar-refractivity contribution in [3.05, 3.63) is 46.2 Å². The molecule has 2 rings (SSSR count). The van der Waals surface area contributed by atoms with E-state index in [4.69, 9.17) is 10.5 Å². The monoisotopic (exact) mass is 304 g/mol. The minimum atomic E-state index is -0.00893. The van der Waals surface area contributed by atoms with E-state index in [-0.39, 0.29) is 5.91 Å². The van der Waals surface area contributed by atoms with Crippen molar-refractivity contribution in [2.24, 2.45) is 0 Å². The van der Waals surface area contributed by atoms with E-state index >= 15 is 0 Å². The molecule has 0 bridgehead atoms. The third kappa shape index (κ3) is 5.11. The van der Waals surface area contributed by atoms with Crippen LogP contribution in [0.15, 0.2) is 36.4 Å². The first kappa shape index (κ1) is 15.4. The molecule has 0 saturated carbocycles. The van der Waals surface area contributed by atoms with Crippen LogP contribution < -0.4 is 15.8 Å². The molecule has 0 fully saturated rings. The molecule has 0 aliphatic heterocycles. The van der Waals surface area contributed by atoms with Crippen molar-refractivity contribution in [3.63, 3.8) is 0 Å². The molecule has 1 aromatic heterocycles. The quantitative estimate of drug-likeness (QED) is 0.773. The van der Waals surface area contributed by atoms with Gasteiger partial charge in [-0.1, -0.05) is 13.0 Å². The van der Waals surface area contributed by atoms with Crippen molar-refractivity contribution < 1.29 is 9.53 Å². The minimum absolute atomic E-state index is 0.00893. The van der Waals surface area contributed by atoms with Crippen molar-refractivity contribution in [2.75, 3.05) is 12.3 Å². The zero-order valence-corrected chi connectivity index (χ0v) is 12.9. The minimum Gasteiger partial charge on any atom is -0.493 e. The zero-order valence-electron chi connectivity index (χ0n) is 12.1. The predicted molar refractivity (Wildman–Crippen MR) is 86.5 cm³/mol. The van der Waals surface area contributed by atoms with Gasteiger partial charge in [-0.15, -0.1) is 11.3 Å². The SMILES string of the molecule is CCc1ccc(CNC(=O)CCOc2cccc(N)c2)s1. The lowest BCUT2D eigenvalue weighted by atomic mass is 10.3. The number of carbonyl (C=O) groups is 1. The average molecular weight is 304 g/mol. The Morgan fingerprint density at radius 1 is 1.29 bits per heavy atom. The molecule has 21 heavy (non-hydrogen) atoms. The van der Waals surface area contributed by atoms with Crippen LogP contribution in [-0.4, -0.2) is 12.5 Å². The van der Waals surface area contributed by atoms with Crippen molar-refractivity contribution in [1.82, 2.24) is 5.32 Å². The molecular weight excluding hydrogens is 284 g/mol. The Labute approximate surface area is 128 Å². The van der Waals surface area contributed by atoms with Crippen LogP contribution >= 0.6 is 11.3 Å². The molecule has 1 aromatic carbocycles. The molecule has 0 spiro atoms.